The molecule has 3 atom stereocenters. The number of rotatable bonds is 11. The quantitative estimate of drug-likeness (QED) is 0.0904. The van der Waals surface area contributed by atoms with Gasteiger partial charge in [0.05, 0.1) is 4.90 Å². The number of amides is 1. The van der Waals surface area contributed by atoms with Crippen molar-refractivity contribution in [1.82, 2.24) is 4.31 Å². The molecule has 43 heavy (non-hydrogen) atoms. The summed E-state index contributed by atoms with van der Waals surface area (Å²) < 4.78 is 70.6. The van der Waals surface area contributed by atoms with Crippen molar-refractivity contribution in [2.75, 3.05) is 11.9 Å². The highest BCUT2D eigenvalue weighted by Crippen LogP contribution is 2.34. The monoisotopic (exact) mass is 605 g/mol. The van der Waals surface area contributed by atoms with E-state index in [2.05, 4.69) is 15.3 Å². The predicted molar refractivity (Wildman–Crippen MR) is 155 cm³/mol. The van der Waals surface area contributed by atoms with Gasteiger partial charge in [-0.3, -0.25) is 4.79 Å². The van der Waals surface area contributed by atoms with E-state index < -0.39 is 45.3 Å². The highest BCUT2D eigenvalue weighted by atomic mass is 32.2. The molecule has 4 aromatic rings. The van der Waals surface area contributed by atoms with Crippen LogP contribution in [0.3, 0.4) is 0 Å². The Morgan fingerprint density at radius 3 is 2.16 bits per heavy atom. The number of sulfonamides is 1. The van der Waals surface area contributed by atoms with E-state index in [0.29, 0.717) is 6.42 Å². The molecule has 1 aliphatic heterocycles. The second-order valence-corrected chi connectivity index (χ2v) is 12.0. The summed E-state index contributed by atoms with van der Waals surface area (Å²) in [5.74, 6) is -3.70. The molecule has 0 bridgehead atoms. The minimum Gasteiger partial charge on any atom is -0.325 e. The van der Waals surface area contributed by atoms with Crippen LogP contribution < -0.4 is 5.32 Å². The zero-order chi connectivity index (χ0) is 30.6. The predicted octanol–water partition coefficient (Wildman–Crippen LogP) is 6.56. The molecule has 5 rings (SSSR count). The number of hydrogen-bond acceptors (Lipinski definition) is 4. The van der Waals surface area contributed by atoms with Crippen molar-refractivity contribution in [2.45, 2.75) is 35.7 Å². The summed E-state index contributed by atoms with van der Waals surface area (Å²) in [4.78, 5) is 16.6. The first-order chi connectivity index (χ1) is 20.7. The van der Waals surface area contributed by atoms with E-state index in [1.807, 2.05) is 0 Å². The lowest BCUT2D eigenvalue weighted by Crippen LogP contribution is -2.33. The first kappa shape index (κ1) is 29.8. The van der Waals surface area contributed by atoms with Gasteiger partial charge in [0.15, 0.2) is 0 Å². The van der Waals surface area contributed by atoms with Gasteiger partial charge in [-0.15, -0.1) is 0 Å². The number of carbonyl (C=O) groups excluding carboxylic acids is 1. The van der Waals surface area contributed by atoms with Gasteiger partial charge in [0.2, 0.25) is 15.9 Å². The van der Waals surface area contributed by atoms with Gasteiger partial charge in [-0.2, -0.15) is 4.31 Å². The van der Waals surface area contributed by atoms with Crippen LogP contribution in [0.5, 0.6) is 0 Å². The molecule has 220 valence electrons. The van der Waals surface area contributed by atoms with Gasteiger partial charge >= 0.3 is 0 Å². The minimum atomic E-state index is -3.67. The number of benzene rings is 4. The molecule has 4 aromatic carbocycles. The lowest BCUT2D eigenvalue weighted by Gasteiger charge is -2.25. The molecular formula is C31H26F3N5O3S. The van der Waals surface area contributed by atoms with Crippen LogP contribution in [-0.4, -0.2) is 37.3 Å². The molecule has 1 N–H and O–H groups in total. The molecule has 0 spiro atoms. The Balaban J connectivity index is 1.38. The zero-order valence-electron chi connectivity index (χ0n) is 22.6. The third-order valence-corrected chi connectivity index (χ3v) is 9.23. The average Bonchev–Trinajstić information content (AvgIpc) is 3.78. The number of halogens is 3. The second-order valence-electron chi connectivity index (χ2n) is 10.1. The number of azide groups is 1. The lowest BCUT2D eigenvalue weighted by atomic mass is 9.84. The van der Waals surface area contributed by atoms with Crippen LogP contribution >= 0.6 is 0 Å². The van der Waals surface area contributed by atoms with Crippen LogP contribution in [-0.2, 0) is 21.2 Å². The standard InChI is InChI=1S/C31H26F3N5O3S/c32-22-9-4-7-20(17-22)29(21-8-5-10-23(33)18-21)30(37-38-35)31(40)36-28-14-6-13-27(34)26(28)16-15-24-19-39(24)43(41,42)25-11-2-1-3-12-25/h1-14,17-18,24,29-30H,15-16,19H2,(H,36,40)/t24-,30-,39?/m0/s1. The number of nitrogens with one attached hydrogen (secondary N) is 1. The highest BCUT2D eigenvalue weighted by molar-refractivity contribution is 7.89. The van der Waals surface area contributed by atoms with Gasteiger partial charge in [-0.05, 0) is 78.0 Å². The molecular weight excluding hydrogens is 579 g/mol. The van der Waals surface area contributed by atoms with E-state index in [4.69, 9.17) is 0 Å². The van der Waals surface area contributed by atoms with E-state index in [-0.39, 0.29) is 46.3 Å². The summed E-state index contributed by atoms with van der Waals surface area (Å²) in [5, 5.41) is 6.33. The van der Waals surface area contributed by atoms with Crippen LogP contribution in [0.1, 0.15) is 29.0 Å². The van der Waals surface area contributed by atoms with Gasteiger partial charge in [0.1, 0.15) is 23.5 Å². The largest absolute Gasteiger partial charge is 0.325 e. The fraction of sp³-hybridized carbons (Fsp3) is 0.194. The number of anilines is 1. The SMILES string of the molecule is [N-]=[N+]=N[C@H](C(=O)Nc1cccc(F)c1CC[C@H]1CN1S(=O)(=O)c1ccccc1)C(c1cccc(F)c1)c1cccc(F)c1. The summed E-state index contributed by atoms with van der Waals surface area (Å²) in [6, 6.07) is 20.9. The maximum Gasteiger partial charge on any atom is 0.243 e. The molecule has 1 unspecified atom stereocenters. The third kappa shape index (κ3) is 6.72. The Bertz CT molecular complexity index is 1750. The smallest absolute Gasteiger partial charge is 0.243 e. The summed E-state index contributed by atoms with van der Waals surface area (Å²) >= 11 is 0. The Labute approximate surface area is 246 Å². The Kier molecular flexibility index (Phi) is 8.81. The summed E-state index contributed by atoms with van der Waals surface area (Å²) in [6.07, 6.45) is 0.405. The van der Waals surface area contributed by atoms with E-state index >= 15 is 4.39 Å². The van der Waals surface area contributed by atoms with Crippen LogP contribution in [0.25, 0.3) is 10.4 Å². The molecule has 0 aromatic heterocycles. The second kappa shape index (κ2) is 12.7. The first-order valence-corrected chi connectivity index (χ1v) is 14.8. The topological polar surface area (TPSA) is 115 Å². The fourth-order valence-electron chi connectivity index (χ4n) is 5.15. The van der Waals surface area contributed by atoms with Gasteiger partial charge < -0.3 is 5.32 Å². The normalized spacial score (nSPS) is 16.7. The van der Waals surface area contributed by atoms with Crippen molar-refractivity contribution in [3.8, 4) is 0 Å². The average molecular weight is 606 g/mol. The van der Waals surface area contributed by atoms with E-state index in [9.17, 15) is 27.5 Å². The zero-order valence-corrected chi connectivity index (χ0v) is 23.5. The van der Waals surface area contributed by atoms with Gasteiger partial charge in [0.25, 0.3) is 0 Å². The molecule has 1 amide bonds. The van der Waals surface area contributed by atoms with Gasteiger partial charge in [0, 0.05) is 34.7 Å². The first-order valence-electron chi connectivity index (χ1n) is 13.4. The number of hydrogen-bond donors (Lipinski definition) is 1. The summed E-state index contributed by atoms with van der Waals surface area (Å²) in [5.41, 5.74) is 10.1. The number of carbonyl (C=O) groups is 1. The molecule has 1 heterocycles. The molecule has 8 nitrogen and oxygen atoms in total. The van der Waals surface area contributed by atoms with Crippen molar-refractivity contribution in [2.24, 2.45) is 5.11 Å². The van der Waals surface area contributed by atoms with Crippen LogP contribution in [0, 0.1) is 17.5 Å². The maximum atomic E-state index is 15.0. The molecule has 1 aliphatic rings. The molecule has 12 heteroatoms. The number of nitrogens with zero attached hydrogens (tertiary/aromatic N) is 4. The van der Waals surface area contributed by atoms with Crippen LogP contribution in [0.2, 0.25) is 0 Å². The molecule has 0 aliphatic carbocycles. The van der Waals surface area contributed by atoms with Crippen molar-refractivity contribution in [3.63, 3.8) is 0 Å². The Morgan fingerprint density at radius 2 is 1.56 bits per heavy atom. The van der Waals surface area contributed by atoms with Crippen LogP contribution in [0.15, 0.2) is 107 Å². The minimum absolute atomic E-state index is 0.108. The van der Waals surface area contributed by atoms with Crippen molar-refractivity contribution in [3.05, 3.63) is 142 Å². The summed E-state index contributed by atoms with van der Waals surface area (Å²) in [7, 11) is -3.67. The van der Waals surface area contributed by atoms with Gasteiger partial charge in [-0.25, -0.2) is 21.6 Å². The van der Waals surface area contributed by atoms with E-state index in [1.165, 1.54) is 83.2 Å². The third-order valence-electron chi connectivity index (χ3n) is 7.29. The van der Waals surface area contributed by atoms with Gasteiger partial charge in [-0.1, -0.05) is 53.6 Å². The Hall–Kier alpha value is -4.64. The molecule has 0 radical (unpaired) electrons. The summed E-state index contributed by atoms with van der Waals surface area (Å²) in [6.45, 7) is 0.287. The molecule has 1 fully saturated rings. The van der Waals surface area contributed by atoms with Crippen LogP contribution in [0.4, 0.5) is 18.9 Å². The lowest BCUT2D eigenvalue weighted by molar-refractivity contribution is -0.117. The highest BCUT2D eigenvalue weighted by Gasteiger charge is 2.44. The van der Waals surface area contributed by atoms with E-state index in [1.54, 1.807) is 18.2 Å². The fourth-order valence-corrected chi connectivity index (χ4v) is 6.79. The maximum absolute atomic E-state index is 15.0. The van der Waals surface area contributed by atoms with Crippen molar-refractivity contribution >= 4 is 21.6 Å². The Morgan fingerprint density at radius 1 is 0.930 bits per heavy atom. The van der Waals surface area contributed by atoms with E-state index in [0.717, 1.165) is 0 Å². The van der Waals surface area contributed by atoms with Crippen molar-refractivity contribution < 1.29 is 26.4 Å². The molecule has 0 saturated carbocycles. The van der Waals surface area contributed by atoms with Crippen molar-refractivity contribution in [1.29, 1.82) is 0 Å². The molecule has 1 saturated heterocycles.